The lowest BCUT2D eigenvalue weighted by Crippen LogP contribution is -2.05. The van der Waals surface area contributed by atoms with E-state index in [0.717, 1.165) is 17.3 Å². The molecule has 0 saturated carbocycles. The van der Waals surface area contributed by atoms with Gasteiger partial charge < -0.3 is 5.32 Å². The number of amides is 1. The van der Waals surface area contributed by atoms with Crippen LogP contribution >= 0.6 is 0 Å². The molecule has 0 fully saturated rings. The van der Waals surface area contributed by atoms with Gasteiger partial charge in [-0.05, 0) is 18.2 Å². The van der Waals surface area contributed by atoms with Crippen molar-refractivity contribution in [2.24, 2.45) is 0 Å². The number of hydrogen-bond donors (Lipinski definition) is 1. The van der Waals surface area contributed by atoms with Crippen LogP contribution in [0.3, 0.4) is 0 Å². The molecule has 76 valence electrons. The molecule has 0 radical (unpaired) electrons. The maximum absolute atomic E-state index is 10.9. The molecule has 0 aliphatic carbocycles. The quantitative estimate of drug-likeness (QED) is 0.752. The maximum Gasteiger partial charge on any atom is 0.221 e. The zero-order valence-corrected chi connectivity index (χ0v) is 8.23. The molecule has 4 nitrogen and oxygen atoms in total. The van der Waals surface area contributed by atoms with Gasteiger partial charge in [0.15, 0.2) is 0 Å². The van der Waals surface area contributed by atoms with Crippen LogP contribution in [-0.2, 0) is 9.59 Å². The van der Waals surface area contributed by atoms with Gasteiger partial charge in [0.05, 0.1) is 5.52 Å². The predicted octanol–water partition coefficient (Wildman–Crippen LogP) is 1.64. The van der Waals surface area contributed by atoms with Gasteiger partial charge in [-0.25, -0.2) is 0 Å². The molecule has 4 heteroatoms. The number of anilines is 1. The molecule has 0 spiro atoms. The van der Waals surface area contributed by atoms with E-state index in [2.05, 4.69) is 5.32 Å². The Labute approximate surface area is 86.5 Å². The smallest absolute Gasteiger partial charge is 0.221 e. The van der Waals surface area contributed by atoms with Crippen LogP contribution in [0.4, 0.5) is 5.69 Å². The highest BCUT2D eigenvalue weighted by Gasteiger charge is 2.02. The normalized spacial score (nSPS) is 10.2. The molecule has 1 heterocycles. The minimum Gasteiger partial charge on any atom is -0.326 e. The predicted molar refractivity (Wildman–Crippen MR) is 58.4 cm³/mol. The highest BCUT2D eigenvalue weighted by Crippen LogP contribution is 2.19. The van der Waals surface area contributed by atoms with Crippen LogP contribution in [0, 0.1) is 0 Å². The molecule has 1 N–H and O–H groups in total. The van der Waals surface area contributed by atoms with Gasteiger partial charge in [-0.1, -0.05) is 6.07 Å². The summed E-state index contributed by atoms with van der Waals surface area (Å²) in [5, 5.41) is 3.64. The van der Waals surface area contributed by atoms with Crippen molar-refractivity contribution in [3.05, 3.63) is 30.5 Å². The molecular weight excluding hydrogens is 192 g/mol. The van der Waals surface area contributed by atoms with Crippen molar-refractivity contribution in [3.63, 3.8) is 0 Å². The summed E-state index contributed by atoms with van der Waals surface area (Å²) in [6, 6.07) is 7.28. The van der Waals surface area contributed by atoms with E-state index in [-0.39, 0.29) is 5.91 Å². The molecule has 2 aromatic rings. The Kier molecular flexibility index (Phi) is 2.25. The molecule has 15 heavy (non-hydrogen) atoms. The fourth-order valence-electron chi connectivity index (χ4n) is 1.52. The maximum atomic E-state index is 10.9. The average Bonchev–Trinajstić information content (AvgIpc) is 2.59. The lowest BCUT2D eigenvalue weighted by atomic mass is 10.2. The largest absolute Gasteiger partial charge is 0.326 e. The van der Waals surface area contributed by atoms with Crippen molar-refractivity contribution in [1.82, 2.24) is 4.57 Å². The Balaban J connectivity index is 2.52. The van der Waals surface area contributed by atoms with Gasteiger partial charge in [0.1, 0.15) is 0 Å². The summed E-state index contributed by atoms with van der Waals surface area (Å²) < 4.78 is 1.47. The summed E-state index contributed by atoms with van der Waals surface area (Å²) in [6.07, 6.45) is 2.43. The van der Waals surface area contributed by atoms with Crippen molar-refractivity contribution in [2.45, 2.75) is 6.92 Å². The van der Waals surface area contributed by atoms with Crippen LogP contribution in [0.15, 0.2) is 30.5 Å². The third-order valence-electron chi connectivity index (χ3n) is 2.16. The summed E-state index contributed by atoms with van der Waals surface area (Å²) in [7, 11) is 0. The van der Waals surface area contributed by atoms with Gasteiger partial charge in [-0.2, -0.15) is 0 Å². The van der Waals surface area contributed by atoms with E-state index in [0.29, 0.717) is 5.69 Å². The van der Waals surface area contributed by atoms with Crippen LogP contribution in [0.2, 0.25) is 0 Å². The molecule has 0 aliphatic rings. The molecular formula is C11H10N2O2. The third kappa shape index (κ3) is 1.74. The minimum atomic E-state index is -0.126. The second kappa shape index (κ2) is 3.57. The summed E-state index contributed by atoms with van der Waals surface area (Å²) in [6.45, 7) is 1.45. The number of nitrogens with zero attached hydrogens (tertiary/aromatic N) is 1. The number of rotatable bonds is 2. The molecule has 1 amide bonds. The number of carbonyl (C=O) groups excluding carboxylic acids is 2. The second-order valence-corrected chi connectivity index (χ2v) is 3.28. The Morgan fingerprint density at radius 2 is 2.20 bits per heavy atom. The van der Waals surface area contributed by atoms with Crippen LogP contribution < -0.4 is 5.32 Å². The van der Waals surface area contributed by atoms with Crippen LogP contribution in [0.1, 0.15) is 6.92 Å². The number of fused-ring (bicyclic) bond motifs is 1. The Bertz CT molecular complexity index is 528. The average molecular weight is 202 g/mol. The first-order valence-electron chi connectivity index (χ1n) is 4.54. The second-order valence-electron chi connectivity index (χ2n) is 3.28. The van der Waals surface area contributed by atoms with Gasteiger partial charge in [-0.3, -0.25) is 14.2 Å². The van der Waals surface area contributed by atoms with E-state index in [1.54, 1.807) is 18.3 Å². The number of hydrogen-bond acceptors (Lipinski definition) is 2. The van der Waals surface area contributed by atoms with E-state index < -0.39 is 0 Å². The first-order valence-corrected chi connectivity index (χ1v) is 4.54. The summed E-state index contributed by atoms with van der Waals surface area (Å²) in [4.78, 5) is 21.5. The Morgan fingerprint density at radius 3 is 2.87 bits per heavy atom. The highest BCUT2D eigenvalue weighted by molar-refractivity contribution is 5.93. The van der Waals surface area contributed by atoms with E-state index in [9.17, 15) is 9.59 Å². The van der Waals surface area contributed by atoms with Crippen molar-refractivity contribution < 1.29 is 9.59 Å². The van der Waals surface area contributed by atoms with Crippen molar-refractivity contribution in [1.29, 1.82) is 0 Å². The number of nitrogens with one attached hydrogen (secondary N) is 1. The van der Waals surface area contributed by atoms with E-state index in [4.69, 9.17) is 0 Å². The van der Waals surface area contributed by atoms with E-state index in [1.165, 1.54) is 11.5 Å². The molecule has 1 aromatic carbocycles. The zero-order chi connectivity index (χ0) is 10.8. The molecule has 0 unspecified atom stereocenters. The number of carbonyl (C=O) groups is 2. The fourth-order valence-corrected chi connectivity index (χ4v) is 1.52. The third-order valence-corrected chi connectivity index (χ3v) is 2.16. The fraction of sp³-hybridized carbons (Fsp3) is 0.0909. The molecule has 0 aliphatic heterocycles. The molecule has 0 atom stereocenters. The lowest BCUT2D eigenvalue weighted by Gasteiger charge is -2.02. The zero-order valence-electron chi connectivity index (χ0n) is 8.23. The molecule has 2 rings (SSSR count). The van der Waals surface area contributed by atoms with Crippen LogP contribution in [0.5, 0.6) is 0 Å². The first-order chi connectivity index (χ1) is 7.20. The number of benzene rings is 1. The van der Waals surface area contributed by atoms with Gasteiger partial charge in [0.2, 0.25) is 12.3 Å². The summed E-state index contributed by atoms with van der Waals surface area (Å²) >= 11 is 0. The first kappa shape index (κ1) is 9.45. The Morgan fingerprint density at radius 1 is 1.40 bits per heavy atom. The minimum absolute atomic E-state index is 0.126. The van der Waals surface area contributed by atoms with Gasteiger partial charge in [0, 0.05) is 24.2 Å². The van der Waals surface area contributed by atoms with E-state index in [1.807, 2.05) is 12.1 Å². The van der Waals surface area contributed by atoms with Crippen molar-refractivity contribution in [3.8, 4) is 0 Å². The number of aromatic nitrogens is 1. The lowest BCUT2D eigenvalue weighted by molar-refractivity contribution is -0.114. The SMILES string of the molecule is CC(=O)Nc1ccc2ccn(C=O)c2c1. The summed E-state index contributed by atoms with van der Waals surface area (Å²) in [5.74, 6) is -0.126. The molecule has 0 saturated heterocycles. The van der Waals surface area contributed by atoms with Gasteiger partial charge in [-0.15, -0.1) is 0 Å². The van der Waals surface area contributed by atoms with Crippen molar-refractivity contribution in [2.75, 3.05) is 5.32 Å². The highest BCUT2D eigenvalue weighted by atomic mass is 16.1. The van der Waals surface area contributed by atoms with Crippen LogP contribution in [-0.4, -0.2) is 16.9 Å². The topological polar surface area (TPSA) is 51.1 Å². The van der Waals surface area contributed by atoms with Crippen molar-refractivity contribution >= 4 is 28.9 Å². The van der Waals surface area contributed by atoms with Gasteiger partial charge >= 0.3 is 0 Å². The molecule has 1 aromatic heterocycles. The summed E-state index contributed by atoms with van der Waals surface area (Å²) in [5.41, 5.74) is 1.48. The van der Waals surface area contributed by atoms with Gasteiger partial charge in [0.25, 0.3) is 0 Å². The van der Waals surface area contributed by atoms with E-state index >= 15 is 0 Å². The standard InChI is InChI=1S/C11H10N2O2/c1-8(15)12-10-3-2-9-4-5-13(7-14)11(9)6-10/h2-7H,1H3,(H,12,15). The molecule has 0 bridgehead atoms. The van der Waals surface area contributed by atoms with Crippen LogP contribution in [0.25, 0.3) is 10.9 Å². The Hall–Kier alpha value is -2.10. The monoisotopic (exact) mass is 202 g/mol.